The van der Waals surface area contributed by atoms with E-state index in [1.54, 1.807) is 31.4 Å². The van der Waals surface area contributed by atoms with Crippen LogP contribution < -0.4 is 4.74 Å². The second-order valence-electron chi connectivity index (χ2n) is 4.19. The normalized spacial score (nSPS) is 20.6. The summed E-state index contributed by atoms with van der Waals surface area (Å²) in [6.45, 7) is 1.10. The van der Waals surface area contributed by atoms with Gasteiger partial charge in [0.2, 0.25) is 0 Å². The monoisotopic (exact) mass is 268 g/mol. The van der Waals surface area contributed by atoms with E-state index in [9.17, 15) is 9.00 Å². The van der Waals surface area contributed by atoms with Gasteiger partial charge in [-0.2, -0.15) is 0 Å². The molecule has 2 atom stereocenters. The maximum absolute atomic E-state index is 12.0. The second-order valence-corrected chi connectivity index (χ2v) is 5.64. The Balaban J connectivity index is 1.95. The molecular weight excluding hydrogens is 252 g/mol. The number of ether oxygens (including phenoxy) is 2. The second kappa shape index (κ2) is 6.11. The van der Waals surface area contributed by atoms with Crippen LogP contribution in [-0.2, 0) is 20.3 Å². The van der Waals surface area contributed by atoms with Gasteiger partial charge in [0.1, 0.15) is 5.75 Å². The number of carbonyl (C=O) groups is 1. The van der Waals surface area contributed by atoms with Gasteiger partial charge in [0.15, 0.2) is 5.78 Å². The summed E-state index contributed by atoms with van der Waals surface area (Å²) in [5.74, 6) is 0.737. The van der Waals surface area contributed by atoms with Crippen LogP contribution in [0.4, 0.5) is 0 Å². The van der Waals surface area contributed by atoms with E-state index in [1.165, 1.54) is 0 Å². The summed E-state index contributed by atoms with van der Waals surface area (Å²) < 4.78 is 22.2. The molecule has 0 aromatic heterocycles. The van der Waals surface area contributed by atoms with Gasteiger partial charge in [0.05, 0.1) is 30.3 Å². The van der Waals surface area contributed by atoms with Crippen LogP contribution in [0, 0.1) is 5.92 Å². The van der Waals surface area contributed by atoms with Crippen LogP contribution in [0.25, 0.3) is 0 Å². The van der Waals surface area contributed by atoms with Crippen LogP contribution in [0.3, 0.4) is 0 Å². The van der Waals surface area contributed by atoms with Gasteiger partial charge in [-0.15, -0.1) is 0 Å². The lowest BCUT2D eigenvalue weighted by Gasteiger charge is -2.07. The standard InChI is InChI=1S/C13H16O4S/c1-16-11-2-4-12(5-3-11)18(15)9-13(14)10-6-7-17-8-10/h2-5,10H,6-9H2,1H3. The van der Waals surface area contributed by atoms with Crippen LogP contribution in [0.2, 0.25) is 0 Å². The maximum Gasteiger partial charge on any atom is 0.151 e. The molecular formula is C13H16O4S. The fourth-order valence-electron chi connectivity index (χ4n) is 1.85. The van der Waals surface area contributed by atoms with E-state index >= 15 is 0 Å². The lowest BCUT2D eigenvalue weighted by molar-refractivity contribution is -0.120. The van der Waals surface area contributed by atoms with Crippen LogP contribution in [-0.4, -0.2) is 36.1 Å². The molecule has 5 heteroatoms. The highest BCUT2D eigenvalue weighted by Gasteiger charge is 2.25. The topological polar surface area (TPSA) is 52.6 Å². The van der Waals surface area contributed by atoms with E-state index in [1.807, 2.05) is 0 Å². The van der Waals surface area contributed by atoms with E-state index in [2.05, 4.69) is 0 Å². The molecule has 0 saturated carbocycles. The highest BCUT2D eigenvalue weighted by atomic mass is 32.2. The zero-order valence-corrected chi connectivity index (χ0v) is 11.1. The van der Waals surface area contributed by atoms with Gasteiger partial charge < -0.3 is 9.47 Å². The third-order valence-corrected chi connectivity index (χ3v) is 4.33. The third-order valence-electron chi connectivity index (χ3n) is 2.98. The number of hydrogen-bond donors (Lipinski definition) is 0. The largest absolute Gasteiger partial charge is 0.497 e. The van der Waals surface area contributed by atoms with Gasteiger partial charge >= 0.3 is 0 Å². The number of benzene rings is 1. The van der Waals surface area contributed by atoms with Gasteiger partial charge in [0.25, 0.3) is 0 Å². The molecule has 2 unspecified atom stereocenters. The summed E-state index contributed by atoms with van der Waals surface area (Å²) >= 11 is 0. The van der Waals surface area contributed by atoms with Crippen molar-refractivity contribution in [3.05, 3.63) is 24.3 Å². The molecule has 98 valence electrons. The van der Waals surface area contributed by atoms with Crippen molar-refractivity contribution in [2.45, 2.75) is 11.3 Å². The van der Waals surface area contributed by atoms with Crippen LogP contribution >= 0.6 is 0 Å². The van der Waals surface area contributed by atoms with Crippen LogP contribution in [0.5, 0.6) is 5.75 Å². The molecule has 0 spiro atoms. The molecule has 0 aliphatic carbocycles. The van der Waals surface area contributed by atoms with Gasteiger partial charge in [-0.1, -0.05) is 0 Å². The Labute approximate surface area is 109 Å². The Bertz CT molecular complexity index is 435. The minimum atomic E-state index is -1.28. The molecule has 18 heavy (non-hydrogen) atoms. The first-order valence-corrected chi connectivity index (χ1v) is 7.15. The highest BCUT2D eigenvalue weighted by molar-refractivity contribution is 7.85. The minimum Gasteiger partial charge on any atom is -0.497 e. The summed E-state index contributed by atoms with van der Waals surface area (Å²) in [6, 6.07) is 6.95. The quantitative estimate of drug-likeness (QED) is 0.810. The Morgan fingerprint density at radius 1 is 1.44 bits per heavy atom. The van der Waals surface area contributed by atoms with Gasteiger partial charge in [-0.3, -0.25) is 9.00 Å². The summed E-state index contributed by atoms with van der Waals surface area (Å²) in [4.78, 5) is 12.5. The Morgan fingerprint density at radius 2 is 2.17 bits per heavy atom. The van der Waals surface area contributed by atoms with Crippen LogP contribution in [0.1, 0.15) is 6.42 Å². The fourth-order valence-corrected chi connectivity index (χ4v) is 2.95. The first-order chi connectivity index (χ1) is 8.70. The SMILES string of the molecule is COc1ccc(S(=O)CC(=O)C2CCOC2)cc1. The van der Waals surface area contributed by atoms with Crippen LogP contribution in [0.15, 0.2) is 29.2 Å². The number of Topliss-reactive ketones (excluding diaryl/α,β-unsaturated/α-hetero) is 1. The van der Waals surface area contributed by atoms with Crippen molar-refractivity contribution < 1.29 is 18.5 Å². The highest BCUT2D eigenvalue weighted by Crippen LogP contribution is 2.17. The number of rotatable bonds is 5. The number of methoxy groups -OCH3 is 1. The average Bonchev–Trinajstić information content (AvgIpc) is 2.92. The smallest absolute Gasteiger partial charge is 0.151 e. The van der Waals surface area contributed by atoms with Gasteiger partial charge in [0, 0.05) is 17.4 Å². The Morgan fingerprint density at radius 3 is 2.72 bits per heavy atom. The molecule has 2 rings (SSSR count). The summed E-state index contributed by atoms with van der Waals surface area (Å²) in [5, 5.41) is 0. The molecule has 1 aliphatic rings. The average molecular weight is 268 g/mol. The van der Waals surface area contributed by atoms with Crippen molar-refractivity contribution in [1.29, 1.82) is 0 Å². The van der Waals surface area contributed by atoms with E-state index in [0.717, 1.165) is 6.42 Å². The van der Waals surface area contributed by atoms with E-state index < -0.39 is 10.8 Å². The number of carbonyl (C=O) groups excluding carboxylic acids is 1. The zero-order chi connectivity index (χ0) is 13.0. The molecule has 0 amide bonds. The molecule has 1 aliphatic heterocycles. The first-order valence-electron chi connectivity index (χ1n) is 5.83. The first kappa shape index (κ1) is 13.2. The van der Waals surface area contributed by atoms with Crippen molar-refractivity contribution in [1.82, 2.24) is 0 Å². The predicted molar refractivity (Wildman–Crippen MR) is 68.2 cm³/mol. The number of ketones is 1. The molecule has 1 fully saturated rings. The molecule has 0 radical (unpaired) electrons. The summed E-state index contributed by atoms with van der Waals surface area (Å²) in [6.07, 6.45) is 0.749. The van der Waals surface area contributed by atoms with Gasteiger partial charge in [-0.25, -0.2) is 0 Å². The Kier molecular flexibility index (Phi) is 4.49. The fraction of sp³-hybridized carbons (Fsp3) is 0.462. The van der Waals surface area contributed by atoms with Gasteiger partial charge in [-0.05, 0) is 30.7 Å². The molecule has 4 nitrogen and oxygen atoms in total. The van der Waals surface area contributed by atoms with Crippen molar-refractivity contribution in [3.8, 4) is 5.75 Å². The molecule has 1 heterocycles. The van der Waals surface area contributed by atoms with Crippen molar-refractivity contribution in [2.24, 2.45) is 5.92 Å². The lowest BCUT2D eigenvalue weighted by atomic mass is 10.1. The van der Waals surface area contributed by atoms with E-state index in [0.29, 0.717) is 23.9 Å². The molecule has 1 aromatic rings. The van der Waals surface area contributed by atoms with Crippen molar-refractivity contribution >= 4 is 16.6 Å². The molecule has 0 N–H and O–H groups in total. The maximum atomic E-state index is 12.0. The van der Waals surface area contributed by atoms with E-state index in [-0.39, 0.29) is 17.5 Å². The lowest BCUT2D eigenvalue weighted by Crippen LogP contribution is -2.21. The summed E-state index contributed by atoms with van der Waals surface area (Å²) in [5.41, 5.74) is 0. The van der Waals surface area contributed by atoms with Crippen molar-refractivity contribution in [2.75, 3.05) is 26.1 Å². The van der Waals surface area contributed by atoms with Crippen molar-refractivity contribution in [3.63, 3.8) is 0 Å². The third kappa shape index (κ3) is 3.17. The number of hydrogen-bond acceptors (Lipinski definition) is 4. The molecule has 0 bridgehead atoms. The minimum absolute atomic E-state index is 0.0293. The van der Waals surface area contributed by atoms with E-state index in [4.69, 9.17) is 9.47 Å². The summed E-state index contributed by atoms with van der Waals surface area (Å²) in [7, 11) is 0.299. The zero-order valence-electron chi connectivity index (χ0n) is 10.3. The Hall–Kier alpha value is -1.20. The molecule has 1 aromatic carbocycles. The molecule has 1 saturated heterocycles. The predicted octanol–water partition coefficient (Wildman–Crippen LogP) is 1.41.